The number of hydrogen-bond acceptors (Lipinski definition) is 11. The molecule has 2 saturated heterocycles. The van der Waals surface area contributed by atoms with Gasteiger partial charge in [-0.25, -0.2) is 14.4 Å². The first-order valence-electron chi connectivity index (χ1n) is 15.6. The van der Waals surface area contributed by atoms with Crippen LogP contribution in [0.25, 0.3) is 0 Å². The van der Waals surface area contributed by atoms with Gasteiger partial charge in [-0.3, -0.25) is 9.59 Å². The molecule has 2 fully saturated rings. The van der Waals surface area contributed by atoms with E-state index in [2.05, 4.69) is 20.2 Å². The number of ether oxygens (including phenoxy) is 1. The van der Waals surface area contributed by atoms with E-state index in [0.717, 1.165) is 38.8 Å². The van der Waals surface area contributed by atoms with Gasteiger partial charge in [0.2, 0.25) is 17.8 Å². The summed E-state index contributed by atoms with van der Waals surface area (Å²) in [6.07, 6.45) is 0.473. The van der Waals surface area contributed by atoms with Gasteiger partial charge in [0.25, 0.3) is 0 Å². The molecule has 254 valence electrons. The summed E-state index contributed by atoms with van der Waals surface area (Å²) >= 11 is 5.87. The maximum atomic E-state index is 14.8. The lowest BCUT2D eigenvalue weighted by Gasteiger charge is -2.31. The minimum atomic E-state index is -1.80. The zero-order valence-electron chi connectivity index (χ0n) is 25.5. The maximum absolute atomic E-state index is 14.8. The monoisotopic (exact) mass is 667 g/mol. The van der Waals surface area contributed by atoms with Gasteiger partial charge in [0.15, 0.2) is 0 Å². The molecule has 0 spiro atoms. The zero-order chi connectivity index (χ0) is 33.2. The van der Waals surface area contributed by atoms with Crippen LogP contribution in [0.15, 0.2) is 30.6 Å². The predicted octanol–water partition coefficient (Wildman–Crippen LogP) is 0.288. The minimum Gasteiger partial charge on any atom is -0.493 e. The number of likely N-dealkylation sites (tertiary alicyclic amines) is 1. The first kappa shape index (κ1) is 35.7. The first-order chi connectivity index (χ1) is 22.0. The van der Waals surface area contributed by atoms with Crippen molar-refractivity contribution in [2.24, 2.45) is 11.8 Å². The largest absolute Gasteiger partial charge is 0.493 e. The molecule has 0 radical (unpaired) electrons. The number of piperidine rings is 1. The highest BCUT2D eigenvalue weighted by molar-refractivity contribution is 6.30. The number of amides is 2. The van der Waals surface area contributed by atoms with Crippen molar-refractivity contribution in [3.05, 3.63) is 47.0 Å². The molecule has 2 aliphatic heterocycles. The van der Waals surface area contributed by atoms with Crippen molar-refractivity contribution in [3.8, 4) is 5.75 Å². The van der Waals surface area contributed by atoms with Crippen LogP contribution >= 0.6 is 11.6 Å². The Kier molecular flexibility index (Phi) is 13.3. The topological polar surface area (TPSA) is 189 Å². The summed E-state index contributed by atoms with van der Waals surface area (Å²) in [5, 5.41) is 50.8. The van der Waals surface area contributed by atoms with E-state index in [9.17, 15) is 34.4 Å². The van der Waals surface area contributed by atoms with Crippen molar-refractivity contribution in [2.75, 3.05) is 50.8 Å². The number of nitrogens with zero attached hydrogens (tertiary/aromatic N) is 4. The Labute approximate surface area is 272 Å². The van der Waals surface area contributed by atoms with Gasteiger partial charge >= 0.3 is 0 Å². The normalized spacial score (nSPS) is 19.8. The van der Waals surface area contributed by atoms with E-state index < -0.39 is 55.2 Å². The summed E-state index contributed by atoms with van der Waals surface area (Å²) < 4.78 is 20.6. The second-order valence-corrected chi connectivity index (χ2v) is 12.4. The minimum absolute atomic E-state index is 0.117. The third-order valence-electron chi connectivity index (χ3n) is 8.62. The smallest absolute Gasteiger partial charge is 0.227 e. The third kappa shape index (κ3) is 9.93. The van der Waals surface area contributed by atoms with Crippen molar-refractivity contribution in [3.63, 3.8) is 0 Å². The highest BCUT2D eigenvalue weighted by Crippen LogP contribution is 2.25. The van der Waals surface area contributed by atoms with Crippen LogP contribution in [-0.4, -0.2) is 123 Å². The highest BCUT2D eigenvalue weighted by Gasteiger charge is 2.33. The van der Waals surface area contributed by atoms with E-state index in [-0.39, 0.29) is 24.4 Å². The fraction of sp³-hybridized carbons (Fsp3) is 0.613. The molecule has 4 unspecified atom stereocenters. The van der Waals surface area contributed by atoms with Crippen molar-refractivity contribution >= 4 is 29.4 Å². The number of benzene rings is 1. The van der Waals surface area contributed by atoms with E-state index in [4.69, 9.17) is 21.4 Å². The van der Waals surface area contributed by atoms with Crippen LogP contribution in [0.2, 0.25) is 5.02 Å². The Balaban J connectivity index is 1.13. The highest BCUT2D eigenvalue weighted by atomic mass is 35.5. The van der Waals surface area contributed by atoms with Gasteiger partial charge < -0.3 is 45.4 Å². The number of aromatic nitrogens is 2. The molecule has 4 rings (SSSR count). The zero-order valence-corrected chi connectivity index (χ0v) is 26.3. The lowest BCUT2D eigenvalue weighted by Crippen LogP contribution is -2.50. The average Bonchev–Trinajstić information content (AvgIpc) is 3.57. The van der Waals surface area contributed by atoms with Crippen LogP contribution in [0, 0.1) is 17.7 Å². The lowest BCUT2D eigenvalue weighted by atomic mass is 9.92. The standard InChI is InChI=1S/C31H43ClFN5O8/c32-22-14-35-31(36-15-22)37-8-5-19(6-9-37)2-1-11-46-23-4-3-20(24(33)13-23)12-27(42)38-10-7-21(17-38)30(45)34-16-25(40)28(43)29(44)26(41)18-39/h3-4,13-15,19,21,25-26,28-29,39-41,43-44H,1-2,5-12,16-18H2,(H,34,45)/t21-,25?,26?,28?,29?/m0/s1. The summed E-state index contributed by atoms with van der Waals surface area (Å²) in [7, 11) is 0. The third-order valence-corrected chi connectivity index (χ3v) is 8.81. The van der Waals surface area contributed by atoms with Gasteiger partial charge in [0.1, 0.15) is 29.9 Å². The molecule has 2 amide bonds. The van der Waals surface area contributed by atoms with Crippen molar-refractivity contribution in [1.29, 1.82) is 0 Å². The molecule has 3 heterocycles. The Morgan fingerprint density at radius 3 is 2.41 bits per heavy atom. The number of halogens is 2. The number of anilines is 1. The average molecular weight is 668 g/mol. The molecule has 15 heteroatoms. The number of hydrogen-bond donors (Lipinski definition) is 6. The van der Waals surface area contributed by atoms with Crippen molar-refractivity contribution in [2.45, 2.75) is 62.9 Å². The fourth-order valence-electron chi connectivity index (χ4n) is 5.72. The lowest BCUT2D eigenvalue weighted by molar-refractivity contribution is -0.131. The van der Waals surface area contributed by atoms with Crippen LogP contribution in [-0.2, 0) is 16.0 Å². The molecule has 1 aromatic heterocycles. The van der Waals surface area contributed by atoms with Crippen LogP contribution in [0.5, 0.6) is 5.75 Å². The summed E-state index contributed by atoms with van der Waals surface area (Å²) in [6, 6.07) is 4.46. The molecule has 6 N–H and O–H groups in total. The van der Waals surface area contributed by atoms with Crippen LogP contribution in [0.4, 0.5) is 10.3 Å². The Morgan fingerprint density at radius 2 is 1.74 bits per heavy atom. The van der Waals surface area contributed by atoms with Gasteiger partial charge in [-0.2, -0.15) is 0 Å². The van der Waals surface area contributed by atoms with Gasteiger partial charge in [-0.05, 0) is 49.7 Å². The Hall–Kier alpha value is -3.14. The second-order valence-electron chi connectivity index (χ2n) is 11.9. The molecule has 1 aromatic carbocycles. The quantitative estimate of drug-likeness (QED) is 0.143. The first-order valence-corrected chi connectivity index (χ1v) is 16.0. The van der Waals surface area contributed by atoms with E-state index in [0.29, 0.717) is 42.2 Å². The number of aliphatic hydroxyl groups excluding tert-OH is 5. The second kappa shape index (κ2) is 17.1. The number of carbonyl (C=O) groups is 2. The number of carbonyl (C=O) groups excluding carboxylic acids is 2. The van der Waals surface area contributed by atoms with Crippen LogP contribution in [0.1, 0.15) is 37.7 Å². The van der Waals surface area contributed by atoms with E-state index in [1.165, 1.54) is 17.0 Å². The molecule has 2 aromatic rings. The number of rotatable bonds is 15. The Bertz CT molecular complexity index is 1290. The summed E-state index contributed by atoms with van der Waals surface area (Å²) in [5.74, 6) is -0.230. The van der Waals surface area contributed by atoms with Gasteiger partial charge in [0, 0.05) is 38.8 Å². The Morgan fingerprint density at radius 1 is 1.04 bits per heavy atom. The molecular weight excluding hydrogens is 625 g/mol. The summed E-state index contributed by atoms with van der Waals surface area (Å²) in [6.45, 7) is 1.42. The number of aliphatic hydroxyl groups is 5. The molecule has 5 atom stereocenters. The SMILES string of the molecule is O=C(NCC(O)C(O)C(O)C(O)CO)[C@H]1CCN(C(=O)Cc2ccc(OCCCC3CCN(c4ncc(Cl)cn4)CC3)cc2F)C1. The van der Waals surface area contributed by atoms with Gasteiger partial charge in [0.05, 0.1) is 49.1 Å². The van der Waals surface area contributed by atoms with Gasteiger partial charge in [-0.15, -0.1) is 0 Å². The van der Waals surface area contributed by atoms with E-state index in [1.807, 2.05) is 0 Å². The molecular formula is C31H43ClFN5O8. The molecule has 13 nitrogen and oxygen atoms in total. The van der Waals surface area contributed by atoms with Crippen LogP contribution < -0.4 is 15.0 Å². The van der Waals surface area contributed by atoms with Gasteiger partial charge in [-0.1, -0.05) is 17.7 Å². The summed E-state index contributed by atoms with van der Waals surface area (Å²) in [5.41, 5.74) is 0.224. The molecule has 0 saturated carbocycles. The molecule has 46 heavy (non-hydrogen) atoms. The number of nitrogens with one attached hydrogen (secondary N) is 1. The fourth-order valence-corrected chi connectivity index (χ4v) is 5.82. The maximum Gasteiger partial charge on any atom is 0.227 e. The predicted molar refractivity (Wildman–Crippen MR) is 166 cm³/mol. The summed E-state index contributed by atoms with van der Waals surface area (Å²) in [4.78, 5) is 37.6. The molecule has 0 bridgehead atoms. The molecule has 2 aliphatic rings. The van der Waals surface area contributed by atoms with E-state index >= 15 is 0 Å². The van der Waals surface area contributed by atoms with Crippen molar-refractivity contribution < 1.29 is 44.2 Å². The van der Waals surface area contributed by atoms with Crippen LogP contribution in [0.3, 0.4) is 0 Å². The van der Waals surface area contributed by atoms with E-state index in [1.54, 1.807) is 18.5 Å². The van der Waals surface area contributed by atoms with Crippen molar-refractivity contribution in [1.82, 2.24) is 20.2 Å². The molecule has 0 aliphatic carbocycles.